The van der Waals surface area contributed by atoms with Gasteiger partial charge < -0.3 is 19.7 Å². The predicted octanol–water partition coefficient (Wildman–Crippen LogP) is 0.842. The molecule has 0 radical (unpaired) electrons. The number of hydrogen-bond acceptors (Lipinski definition) is 4. The van der Waals surface area contributed by atoms with Gasteiger partial charge in [0.15, 0.2) is 0 Å². The van der Waals surface area contributed by atoms with Gasteiger partial charge in [0.2, 0.25) is 0 Å². The van der Waals surface area contributed by atoms with E-state index in [0.717, 1.165) is 0 Å². The standard InChI is InChI=1S/C11H12O4/c12-7-9-3-1-2-4-10(9)11(8-13)14-5-6-15-11/h1-6,12-13H,7-8H2. The number of hydrogen-bond donors (Lipinski definition) is 2. The lowest BCUT2D eigenvalue weighted by molar-refractivity contribution is -0.177. The Morgan fingerprint density at radius 2 is 1.73 bits per heavy atom. The largest absolute Gasteiger partial charge is 0.451 e. The van der Waals surface area contributed by atoms with E-state index in [1.165, 1.54) is 12.5 Å². The number of ether oxygens (including phenoxy) is 2. The van der Waals surface area contributed by atoms with Crippen molar-refractivity contribution >= 4 is 0 Å². The predicted molar refractivity (Wildman–Crippen MR) is 52.4 cm³/mol. The molecule has 0 aliphatic carbocycles. The van der Waals surface area contributed by atoms with E-state index in [-0.39, 0.29) is 13.2 Å². The molecule has 1 aliphatic heterocycles. The molecule has 1 aromatic rings. The number of aliphatic hydroxyl groups is 2. The summed E-state index contributed by atoms with van der Waals surface area (Å²) in [6.07, 6.45) is 2.76. The summed E-state index contributed by atoms with van der Waals surface area (Å²) in [6, 6.07) is 7.13. The summed E-state index contributed by atoms with van der Waals surface area (Å²) in [5.41, 5.74) is 1.32. The highest BCUT2D eigenvalue weighted by Crippen LogP contribution is 2.33. The topological polar surface area (TPSA) is 58.9 Å². The van der Waals surface area contributed by atoms with Crippen LogP contribution in [-0.4, -0.2) is 16.8 Å². The van der Waals surface area contributed by atoms with Crippen molar-refractivity contribution in [3.05, 3.63) is 47.9 Å². The van der Waals surface area contributed by atoms with Gasteiger partial charge in [-0.15, -0.1) is 0 Å². The van der Waals surface area contributed by atoms with Gasteiger partial charge in [0.25, 0.3) is 0 Å². The molecule has 0 atom stereocenters. The molecule has 2 rings (SSSR count). The zero-order chi connectivity index (χ0) is 10.7. The fourth-order valence-corrected chi connectivity index (χ4v) is 1.62. The van der Waals surface area contributed by atoms with Gasteiger partial charge in [-0.1, -0.05) is 24.3 Å². The molecule has 80 valence electrons. The smallest absolute Gasteiger partial charge is 0.300 e. The molecule has 4 nitrogen and oxygen atoms in total. The van der Waals surface area contributed by atoms with Crippen molar-refractivity contribution in [2.45, 2.75) is 12.4 Å². The van der Waals surface area contributed by atoms with Gasteiger partial charge in [-0.05, 0) is 5.56 Å². The molecule has 0 bridgehead atoms. The molecular formula is C11H12O4. The first-order chi connectivity index (χ1) is 7.32. The molecule has 0 amide bonds. The first kappa shape index (κ1) is 10.0. The highest BCUT2D eigenvalue weighted by atomic mass is 16.7. The average Bonchev–Trinajstić information content (AvgIpc) is 2.79. The summed E-state index contributed by atoms with van der Waals surface area (Å²) < 4.78 is 10.5. The first-order valence-electron chi connectivity index (χ1n) is 4.63. The highest BCUT2D eigenvalue weighted by molar-refractivity contribution is 5.31. The molecule has 0 aromatic heterocycles. The van der Waals surface area contributed by atoms with Crippen LogP contribution in [0.25, 0.3) is 0 Å². The average molecular weight is 208 g/mol. The number of rotatable bonds is 3. The van der Waals surface area contributed by atoms with Crippen molar-refractivity contribution in [2.24, 2.45) is 0 Å². The van der Waals surface area contributed by atoms with E-state index in [1.54, 1.807) is 18.2 Å². The third-order valence-corrected chi connectivity index (χ3v) is 2.38. The van der Waals surface area contributed by atoms with Crippen LogP contribution in [0.4, 0.5) is 0 Å². The van der Waals surface area contributed by atoms with Gasteiger partial charge in [-0.3, -0.25) is 0 Å². The molecular weight excluding hydrogens is 196 g/mol. The van der Waals surface area contributed by atoms with Crippen molar-refractivity contribution in [3.8, 4) is 0 Å². The van der Waals surface area contributed by atoms with Gasteiger partial charge in [-0.25, -0.2) is 0 Å². The van der Waals surface area contributed by atoms with Crippen molar-refractivity contribution < 1.29 is 19.7 Å². The summed E-state index contributed by atoms with van der Waals surface area (Å²) in [4.78, 5) is 0. The van der Waals surface area contributed by atoms with E-state index in [0.29, 0.717) is 11.1 Å². The van der Waals surface area contributed by atoms with Crippen molar-refractivity contribution in [3.63, 3.8) is 0 Å². The zero-order valence-electron chi connectivity index (χ0n) is 8.09. The molecule has 0 saturated heterocycles. The maximum absolute atomic E-state index is 9.32. The van der Waals surface area contributed by atoms with Crippen molar-refractivity contribution in [1.82, 2.24) is 0 Å². The minimum Gasteiger partial charge on any atom is -0.451 e. The summed E-state index contributed by atoms with van der Waals surface area (Å²) in [7, 11) is 0. The highest BCUT2D eigenvalue weighted by Gasteiger charge is 2.39. The van der Waals surface area contributed by atoms with E-state index < -0.39 is 5.79 Å². The van der Waals surface area contributed by atoms with Crippen LogP contribution in [0.15, 0.2) is 36.8 Å². The second-order valence-electron chi connectivity index (χ2n) is 3.23. The monoisotopic (exact) mass is 208 g/mol. The Kier molecular flexibility index (Phi) is 2.62. The van der Waals surface area contributed by atoms with Crippen LogP contribution in [0.3, 0.4) is 0 Å². The van der Waals surface area contributed by atoms with E-state index in [1.807, 2.05) is 6.07 Å². The van der Waals surface area contributed by atoms with Crippen LogP contribution in [0.5, 0.6) is 0 Å². The molecule has 1 aromatic carbocycles. The zero-order valence-corrected chi connectivity index (χ0v) is 8.09. The molecule has 15 heavy (non-hydrogen) atoms. The van der Waals surface area contributed by atoms with E-state index in [4.69, 9.17) is 9.47 Å². The number of aliphatic hydroxyl groups excluding tert-OH is 2. The van der Waals surface area contributed by atoms with Crippen LogP contribution in [0, 0.1) is 0 Å². The quantitative estimate of drug-likeness (QED) is 0.772. The maximum Gasteiger partial charge on any atom is 0.300 e. The molecule has 2 N–H and O–H groups in total. The SMILES string of the molecule is OCc1ccccc1C1(CO)OC=CO1. The summed E-state index contributed by atoms with van der Waals surface area (Å²) >= 11 is 0. The normalized spacial score (nSPS) is 17.2. The van der Waals surface area contributed by atoms with Crippen LogP contribution in [0.2, 0.25) is 0 Å². The fraction of sp³-hybridized carbons (Fsp3) is 0.273. The minimum atomic E-state index is -1.20. The van der Waals surface area contributed by atoms with Crippen LogP contribution in [0.1, 0.15) is 11.1 Å². The van der Waals surface area contributed by atoms with E-state index in [9.17, 15) is 10.2 Å². The van der Waals surface area contributed by atoms with Crippen LogP contribution >= 0.6 is 0 Å². The molecule has 1 heterocycles. The lowest BCUT2D eigenvalue weighted by atomic mass is 10.0. The Hall–Kier alpha value is -1.52. The Bertz CT molecular complexity index is 365. The molecule has 4 heteroatoms. The van der Waals surface area contributed by atoms with Crippen LogP contribution < -0.4 is 0 Å². The van der Waals surface area contributed by atoms with Gasteiger partial charge in [0, 0.05) is 5.56 Å². The Balaban J connectivity index is 2.42. The fourth-order valence-electron chi connectivity index (χ4n) is 1.62. The number of benzene rings is 1. The van der Waals surface area contributed by atoms with Gasteiger partial charge >= 0.3 is 5.79 Å². The lowest BCUT2D eigenvalue weighted by Gasteiger charge is -2.27. The molecule has 0 fully saturated rings. The Morgan fingerprint density at radius 3 is 2.33 bits per heavy atom. The summed E-state index contributed by atoms with van der Waals surface area (Å²) in [5.74, 6) is -1.20. The van der Waals surface area contributed by atoms with Gasteiger partial charge in [-0.2, -0.15) is 0 Å². The maximum atomic E-state index is 9.32. The van der Waals surface area contributed by atoms with Gasteiger partial charge in [0.05, 0.1) is 6.61 Å². The molecule has 1 aliphatic rings. The third kappa shape index (κ3) is 1.58. The molecule has 0 spiro atoms. The van der Waals surface area contributed by atoms with Crippen molar-refractivity contribution in [1.29, 1.82) is 0 Å². The van der Waals surface area contributed by atoms with Gasteiger partial charge in [0.1, 0.15) is 19.1 Å². The lowest BCUT2D eigenvalue weighted by Crippen LogP contribution is -2.32. The Labute approximate surface area is 87.4 Å². The minimum absolute atomic E-state index is 0.120. The van der Waals surface area contributed by atoms with E-state index >= 15 is 0 Å². The van der Waals surface area contributed by atoms with Crippen molar-refractivity contribution in [2.75, 3.05) is 6.61 Å². The molecule has 0 unspecified atom stereocenters. The van der Waals surface area contributed by atoms with Crippen LogP contribution in [-0.2, 0) is 21.9 Å². The Morgan fingerprint density at radius 1 is 1.07 bits per heavy atom. The first-order valence-corrected chi connectivity index (χ1v) is 4.63. The second kappa shape index (κ2) is 3.92. The van der Waals surface area contributed by atoms with E-state index in [2.05, 4.69) is 0 Å². The molecule has 0 saturated carbocycles. The summed E-state index contributed by atoms with van der Waals surface area (Å²) in [5, 5.41) is 18.5. The summed E-state index contributed by atoms with van der Waals surface area (Å²) in [6.45, 7) is -0.429. The third-order valence-electron chi connectivity index (χ3n) is 2.38. The second-order valence-corrected chi connectivity index (χ2v) is 3.23.